The Labute approximate surface area is 217 Å². The van der Waals surface area contributed by atoms with Crippen molar-refractivity contribution in [3.8, 4) is 16.2 Å². The summed E-state index contributed by atoms with van der Waals surface area (Å²) in [5, 5.41) is 19.0. The molecule has 8 nitrogen and oxygen atoms in total. The number of carbonyl (C=O) groups is 2. The Hall–Kier alpha value is -3.97. The first-order chi connectivity index (χ1) is 17.5. The molecule has 13 heteroatoms. The van der Waals surface area contributed by atoms with Crippen LogP contribution in [0.15, 0.2) is 59.4 Å². The number of halogens is 3. The molecule has 0 atom stereocenters. The standard InChI is InChI=1S/C24H20F3N5O3S2/c1-13(17-11-36-21(20(17)33)14-3-5-15(6-4-14)24(25,26)27)30-31-23(35)19-8-7-18(37-19)22(34)29-10-16-9-28-12-32(16)2/h3-9,11-12,33H,10H2,1-2H3,(H,29,34)(H,31,35)/b30-13+. The van der Waals surface area contributed by atoms with Gasteiger partial charge in [0, 0.05) is 18.6 Å². The molecule has 192 valence electrons. The quantitative estimate of drug-likeness (QED) is 0.223. The second-order valence-corrected chi connectivity index (χ2v) is 9.85. The number of carbonyl (C=O) groups excluding carboxylic acids is 2. The van der Waals surface area contributed by atoms with Gasteiger partial charge in [0.05, 0.1) is 50.0 Å². The number of nitrogens with zero attached hydrogens (tertiary/aromatic N) is 3. The molecule has 0 fully saturated rings. The van der Waals surface area contributed by atoms with Crippen LogP contribution < -0.4 is 10.7 Å². The van der Waals surface area contributed by atoms with Crippen LogP contribution in [0.3, 0.4) is 0 Å². The summed E-state index contributed by atoms with van der Waals surface area (Å²) in [5.41, 5.74) is 3.49. The maximum atomic E-state index is 12.8. The molecular formula is C24H20F3N5O3S2. The highest BCUT2D eigenvalue weighted by Gasteiger charge is 2.30. The van der Waals surface area contributed by atoms with Crippen LogP contribution >= 0.6 is 22.7 Å². The number of hydrogen-bond donors (Lipinski definition) is 3. The highest BCUT2D eigenvalue weighted by molar-refractivity contribution is 7.16. The second kappa shape index (κ2) is 10.6. The van der Waals surface area contributed by atoms with Crippen LogP contribution in [0.5, 0.6) is 5.75 Å². The van der Waals surface area contributed by atoms with Crippen molar-refractivity contribution in [1.29, 1.82) is 0 Å². The van der Waals surface area contributed by atoms with Crippen LogP contribution in [0.4, 0.5) is 13.2 Å². The minimum absolute atomic E-state index is 0.149. The van der Waals surface area contributed by atoms with Crippen LogP contribution in [0.2, 0.25) is 0 Å². The number of nitrogens with one attached hydrogen (secondary N) is 2. The van der Waals surface area contributed by atoms with Crippen molar-refractivity contribution in [2.75, 3.05) is 0 Å². The van der Waals surface area contributed by atoms with Crippen LogP contribution in [-0.2, 0) is 19.8 Å². The Morgan fingerprint density at radius 3 is 2.41 bits per heavy atom. The molecule has 0 aliphatic rings. The number of hydrazone groups is 1. The van der Waals surface area contributed by atoms with Gasteiger partial charge < -0.3 is 15.0 Å². The van der Waals surface area contributed by atoms with Gasteiger partial charge in [-0.1, -0.05) is 12.1 Å². The predicted molar refractivity (Wildman–Crippen MR) is 135 cm³/mol. The SMILES string of the molecule is C/C(=N\NC(=O)c1ccc(C(=O)NCc2cncn2C)s1)c1csc(-c2ccc(C(F)(F)F)cc2)c1O. The van der Waals surface area contributed by atoms with Gasteiger partial charge in [-0.2, -0.15) is 18.3 Å². The third-order valence-corrected chi connectivity index (χ3v) is 7.46. The van der Waals surface area contributed by atoms with E-state index in [9.17, 15) is 27.9 Å². The zero-order valence-electron chi connectivity index (χ0n) is 19.5. The zero-order valence-corrected chi connectivity index (χ0v) is 21.1. The van der Waals surface area contributed by atoms with E-state index in [0.717, 1.165) is 40.5 Å². The fourth-order valence-electron chi connectivity index (χ4n) is 3.27. The molecule has 2 amide bonds. The largest absolute Gasteiger partial charge is 0.506 e. The molecule has 0 unspecified atom stereocenters. The summed E-state index contributed by atoms with van der Waals surface area (Å²) in [6.07, 6.45) is -1.18. The van der Waals surface area contributed by atoms with Crippen LogP contribution in [0.25, 0.3) is 10.4 Å². The smallest absolute Gasteiger partial charge is 0.416 e. The van der Waals surface area contributed by atoms with Crippen LogP contribution in [0, 0.1) is 0 Å². The molecule has 4 aromatic rings. The Kier molecular flexibility index (Phi) is 7.45. The Bertz CT molecular complexity index is 1470. The maximum Gasteiger partial charge on any atom is 0.416 e. The van der Waals surface area contributed by atoms with Gasteiger partial charge in [-0.15, -0.1) is 22.7 Å². The number of aromatic hydroxyl groups is 1. The van der Waals surface area contributed by atoms with Gasteiger partial charge in [0.15, 0.2) is 0 Å². The Morgan fingerprint density at radius 1 is 1.11 bits per heavy atom. The first-order valence-corrected chi connectivity index (χ1v) is 12.4. The van der Waals surface area contributed by atoms with E-state index in [1.807, 2.05) is 7.05 Å². The third kappa shape index (κ3) is 5.89. The molecule has 4 rings (SSSR count). The summed E-state index contributed by atoms with van der Waals surface area (Å²) >= 11 is 2.14. The number of benzene rings is 1. The lowest BCUT2D eigenvalue weighted by atomic mass is 10.1. The first kappa shape index (κ1) is 26.1. The molecule has 0 bridgehead atoms. The maximum absolute atomic E-state index is 12.8. The zero-order chi connectivity index (χ0) is 26.7. The Balaban J connectivity index is 1.39. The molecule has 0 aliphatic heterocycles. The number of imidazole rings is 1. The number of aromatic nitrogens is 2. The molecule has 0 spiro atoms. The van der Waals surface area contributed by atoms with Gasteiger partial charge in [-0.3, -0.25) is 9.59 Å². The van der Waals surface area contributed by atoms with E-state index < -0.39 is 17.6 Å². The van der Waals surface area contributed by atoms with E-state index in [-0.39, 0.29) is 23.1 Å². The fourth-order valence-corrected chi connectivity index (χ4v) is 5.09. The molecule has 3 N–H and O–H groups in total. The van der Waals surface area contributed by atoms with Gasteiger partial charge in [0.1, 0.15) is 5.75 Å². The molecule has 3 heterocycles. The highest BCUT2D eigenvalue weighted by atomic mass is 32.1. The topological polar surface area (TPSA) is 109 Å². The normalized spacial score (nSPS) is 12.0. The number of thiophene rings is 2. The molecule has 37 heavy (non-hydrogen) atoms. The van der Waals surface area contributed by atoms with E-state index in [1.54, 1.807) is 29.4 Å². The summed E-state index contributed by atoms with van der Waals surface area (Å²) in [6, 6.07) is 7.51. The third-order valence-electron chi connectivity index (χ3n) is 5.35. The molecule has 0 aliphatic carbocycles. The summed E-state index contributed by atoms with van der Waals surface area (Å²) in [4.78, 5) is 29.9. The highest BCUT2D eigenvalue weighted by Crippen LogP contribution is 2.40. The first-order valence-electron chi connectivity index (χ1n) is 10.7. The molecule has 0 saturated heterocycles. The number of aryl methyl sites for hydroxylation is 1. The van der Waals surface area contributed by atoms with Crippen molar-refractivity contribution in [2.24, 2.45) is 12.1 Å². The van der Waals surface area contributed by atoms with Gasteiger partial charge >= 0.3 is 6.18 Å². The van der Waals surface area contributed by atoms with E-state index >= 15 is 0 Å². The van der Waals surface area contributed by atoms with E-state index in [0.29, 0.717) is 26.6 Å². The minimum atomic E-state index is -4.45. The minimum Gasteiger partial charge on any atom is -0.506 e. The summed E-state index contributed by atoms with van der Waals surface area (Å²) < 4.78 is 40.2. The van der Waals surface area contributed by atoms with Crippen molar-refractivity contribution in [2.45, 2.75) is 19.6 Å². The van der Waals surface area contributed by atoms with E-state index in [2.05, 4.69) is 20.8 Å². The van der Waals surface area contributed by atoms with Gasteiger partial charge in [0.2, 0.25) is 0 Å². The summed E-state index contributed by atoms with van der Waals surface area (Å²) in [7, 11) is 1.82. The number of alkyl halides is 3. The monoisotopic (exact) mass is 547 g/mol. The lowest BCUT2D eigenvalue weighted by molar-refractivity contribution is -0.137. The van der Waals surface area contributed by atoms with Crippen molar-refractivity contribution in [1.82, 2.24) is 20.3 Å². The lowest BCUT2D eigenvalue weighted by Gasteiger charge is -2.07. The molecular weight excluding hydrogens is 527 g/mol. The van der Waals surface area contributed by atoms with Crippen molar-refractivity contribution in [3.63, 3.8) is 0 Å². The van der Waals surface area contributed by atoms with E-state index in [1.165, 1.54) is 24.3 Å². The molecule has 0 saturated carbocycles. The average Bonchev–Trinajstić information content (AvgIpc) is 3.60. The van der Waals surface area contributed by atoms with Crippen LogP contribution in [0.1, 0.15) is 43.1 Å². The second-order valence-electron chi connectivity index (χ2n) is 7.88. The van der Waals surface area contributed by atoms with Gasteiger partial charge in [0.25, 0.3) is 11.8 Å². The summed E-state index contributed by atoms with van der Waals surface area (Å²) in [6.45, 7) is 1.86. The van der Waals surface area contributed by atoms with Crippen molar-refractivity contribution >= 4 is 40.2 Å². The Morgan fingerprint density at radius 2 is 1.78 bits per heavy atom. The van der Waals surface area contributed by atoms with Crippen LogP contribution in [-0.4, -0.2) is 32.2 Å². The van der Waals surface area contributed by atoms with Gasteiger partial charge in [-0.05, 0) is 36.8 Å². The van der Waals surface area contributed by atoms with E-state index in [4.69, 9.17) is 0 Å². The predicted octanol–water partition coefficient (Wildman–Crippen LogP) is 5.02. The van der Waals surface area contributed by atoms with Crippen molar-refractivity contribution in [3.05, 3.63) is 80.9 Å². The molecule has 3 aromatic heterocycles. The molecule has 0 radical (unpaired) electrons. The lowest BCUT2D eigenvalue weighted by Crippen LogP contribution is -2.23. The molecule has 1 aromatic carbocycles. The average molecular weight is 548 g/mol. The number of rotatable bonds is 7. The number of hydrogen-bond acceptors (Lipinski definition) is 7. The number of amides is 2. The summed E-state index contributed by atoms with van der Waals surface area (Å²) in [5.74, 6) is -1.01. The fraction of sp³-hybridized carbons (Fsp3) is 0.167. The van der Waals surface area contributed by atoms with Gasteiger partial charge in [-0.25, -0.2) is 10.4 Å². The van der Waals surface area contributed by atoms with Crippen molar-refractivity contribution < 1.29 is 27.9 Å².